The van der Waals surface area contributed by atoms with E-state index in [2.05, 4.69) is 23.8 Å². The Morgan fingerprint density at radius 1 is 0.879 bits per heavy atom. The molecule has 1 amide bonds. The first kappa shape index (κ1) is 33.6. The van der Waals surface area contributed by atoms with Crippen LogP contribution < -0.4 is 10.5 Å². The van der Waals surface area contributed by atoms with E-state index in [1.807, 2.05) is 0 Å². The van der Waals surface area contributed by atoms with Crippen LogP contribution in [0.5, 0.6) is 0 Å². The number of carbonyl (C=O) groups is 2. The van der Waals surface area contributed by atoms with Gasteiger partial charge >= 0.3 is 12.1 Å². The summed E-state index contributed by atoms with van der Waals surface area (Å²) in [7, 11) is -3.53. The normalized spacial score (nSPS) is 11.8. The van der Waals surface area contributed by atoms with Crippen LogP contribution in [0.25, 0.3) is 0 Å². The van der Waals surface area contributed by atoms with Crippen LogP contribution in [0.4, 0.5) is 13.2 Å². The fourth-order valence-electron chi connectivity index (χ4n) is 2.79. The molecule has 7 nitrogen and oxygen atoms in total. The number of carboxylic acid groups (broad SMARTS) is 1. The molecule has 0 aliphatic carbocycles. The molecule has 0 aromatic rings. The summed E-state index contributed by atoms with van der Waals surface area (Å²) < 4.78 is 56.6. The monoisotopic (exact) mass is 502 g/mol. The highest BCUT2D eigenvalue weighted by Crippen LogP contribution is 2.13. The molecule has 0 bridgehead atoms. The van der Waals surface area contributed by atoms with Gasteiger partial charge in [0.15, 0.2) is 0 Å². The van der Waals surface area contributed by atoms with Gasteiger partial charge in [-0.15, -0.1) is 0 Å². The third kappa shape index (κ3) is 26.5. The molecule has 0 saturated heterocycles. The number of amides is 1. The molecule has 11 heteroatoms. The molecule has 196 valence electrons. The zero-order valence-corrected chi connectivity index (χ0v) is 20.5. The summed E-state index contributed by atoms with van der Waals surface area (Å²) >= 11 is 0. The van der Waals surface area contributed by atoms with Gasteiger partial charge in [-0.2, -0.15) is 13.2 Å². The highest BCUT2D eigenvalue weighted by molar-refractivity contribution is 7.90. The summed E-state index contributed by atoms with van der Waals surface area (Å²) in [6.07, 6.45) is 15.4. The number of hydrogen-bond acceptors (Lipinski definition) is 5. The van der Waals surface area contributed by atoms with E-state index in [0.29, 0.717) is 0 Å². The Hall–Kier alpha value is -1.62. The van der Waals surface area contributed by atoms with Crippen LogP contribution in [0.15, 0.2) is 12.2 Å². The van der Waals surface area contributed by atoms with E-state index >= 15 is 0 Å². The number of alkyl halides is 3. The summed E-state index contributed by atoms with van der Waals surface area (Å²) in [6.45, 7) is 2.27. The minimum absolute atomic E-state index is 0.0238. The molecule has 0 radical (unpaired) electrons. The van der Waals surface area contributed by atoms with Gasteiger partial charge in [0.05, 0.1) is 5.75 Å². The molecule has 0 atom stereocenters. The number of rotatable bonds is 18. The fraction of sp³-hybridized carbons (Fsp3) is 0.818. The van der Waals surface area contributed by atoms with Crippen LogP contribution >= 0.6 is 0 Å². The zero-order chi connectivity index (χ0) is 25.6. The van der Waals surface area contributed by atoms with E-state index < -0.39 is 28.1 Å². The van der Waals surface area contributed by atoms with Crippen molar-refractivity contribution < 1.29 is 36.3 Å². The molecule has 0 aromatic heterocycles. The van der Waals surface area contributed by atoms with Crippen molar-refractivity contribution >= 4 is 21.9 Å². The maximum absolute atomic E-state index is 11.5. The molecule has 0 heterocycles. The van der Waals surface area contributed by atoms with Gasteiger partial charge < -0.3 is 10.8 Å². The number of unbranched alkanes of at least 4 members (excludes halogenated alkanes) is 11. The SMILES string of the molecule is CCCCCCCC/C=C\CCCCCCCC(=O)NS(=O)(=O)CCN.O=C(O)C(F)(F)F. The summed E-state index contributed by atoms with van der Waals surface area (Å²) in [5, 5.41) is 7.12. The van der Waals surface area contributed by atoms with Crippen LogP contribution in [0.1, 0.15) is 96.8 Å². The molecular weight excluding hydrogens is 461 g/mol. The van der Waals surface area contributed by atoms with Crippen molar-refractivity contribution in [2.75, 3.05) is 12.3 Å². The third-order valence-corrected chi connectivity index (χ3v) is 5.88. The Bertz CT molecular complexity index is 638. The molecule has 0 unspecified atom stereocenters. The Morgan fingerprint density at radius 2 is 1.30 bits per heavy atom. The Balaban J connectivity index is 0. The van der Waals surface area contributed by atoms with Gasteiger partial charge in [-0.25, -0.2) is 13.2 Å². The first-order chi connectivity index (χ1) is 15.5. The van der Waals surface area contributed by atoms with Crippen molar-refractivity contribution in [3.8, 4) is 0 Å². The number of sulfonamides is 1. The van der Waals surface area contributed by atoms with Crippen molar-refractivity contribution in [1.29, 1.82) is 0 Å². The van der Waals surface area contributed by atoms with E-state index in [0.717, 1.165) is 32.1 Å². The smallest absolute Gasteiger partial charge is 0.475 e. The summed E-state index contributed by atoms with van der Waals surface area (Å²) in [5.74, 6) is -3.38. The molecule has 0 rings (SSSR count). The fourth-order valence-corrected chi connectivity index (χ4v) is 3.65. The van der Waals surface area contributed by atoms with Crippen LogP contribution in [0.2, 0.25) is 0 Å². The van der Waals surface area contributed by atoms with Gasteiger partial charge in [0.25, 0.3) is 0 Å². The number of carbonyl (C=O) groups excluding carboxylic acids is 1. The minimum atomic E-state index is -5.08. The molecule has 0 aliphatic heterocycles. The van der Waals surface area contributed by atoms with E-state index in [9.17, 15) is 26.4 Å². The van der Waals surface area contributed by atoms with Gasteiger partial charge in [0.2, 0.25) is 15.9 Å². The van der Waals surface area contributed by atoms with Crippen molar-refractivity contribution in [3.63, 3.8) is 0 Å². The Kier molecular flexibility index (Phi) is 21.3. The van der Waals surface area contributed by atoms with E-state index in [1.165, 1.54) is 51.4 Å². The van der Waals surface area contributed by atoms with Gasteiger partial charge in [-0.3, -0.25) is 9.52 Å². The van der Waals surface area contributed by atoms with Gasteiger partial charge in [0, 0.05) is 13.0 Å². The molecule has 0 aliphatic rings. The number of allylic oxidation sites excluding steroid dienone is 2. The average molecular weight is 503 g/mol. The maximum atomic E-state index is 11.5. The lowest BCUT2D eigenvalue weighted by atomic mass is 10.1. The predicted octanol–water partition coefficient (Wildman–Crippen LogP) is 5.06. The number of nitrogens with two attached hydrogens (primary N) is 1. The van der Waals surface area contributed by atoms with Crippen molar-refractivity contribution in [1.82, 2.24) is 4.72 Å². The van der Waals surface area contributed by atoms with Gasteiger partial charge in [-0.1, -0.05) is 70.4 Å². The van der Waals surface area contributed by atoms with E-state index in [1.54, 1.807) is 0 Å². The number of nitrogens with one attached hydrogen (secondary N) is 1. The molecule has 33 heavy (non-hydrogen) atoms. The number of aliphatic carboxylic acids is 1. The standard InChI is InChI=1S/C20H40N2O3S.C2HF3O2/c1-2-3-4-5-6-7-8-9-10-11-12-13-14-15-16-17-20(23)22-26(24,25)19-18-21;3-2(4,5)1(6)7/h9-10H,2-8,11-19,21H2,1H3,(H,22,23);(H,6,7)/b10-9-;. The van der Waals surface area contributed by atoms with Crippen molar-refractivity contribution in [2.45, 2.75) is 103 Å². The second kappa shape index (κ2) is 20.9. The first-order valence-corrected chi connectivity index (χ1v) is 13.3. The Morgan fingerprint density at radius 3 is 1.73 bits per heavy atom. The first-order valence-electron chi connectivity index (χ1n) is 11.6. The molecule has 4 N–H and O–H groups in total. The minimum Gasteiger partial charge on any atom is -0.475 e. The molecule has 0 aromatic carbocycles. The third-order valence-electron chi connectivity index (χ3n) is 4.56. The number of halogens is 3. The molecule has 0 spiro atoms. The van der Waals surface area contributed by atoms with Gasteiger partial charge in [0.1, 0.15) is 0 Å². The van der Waals surface area contributed by atoms with Crippen LogP contribution in [0.3, 0.4) is 0 Å². The largest absolute Gasteiger partial charge is 0.490 e. The summed E-state index contributed by atoms with van der Waals surface area (Å²) in [5.41, 5.74) is 5.19. The summed E-state index contributed by atoms with van der Waals surface area (Å²) in [6, 6.07) is 0. The van der Waals surface area contributed by atoms with Crippen molar-refractivity contribution in [3.05, 3.63) is 12.2 Å². The molecule has 0 fully saturated rings. The average Bonchev–Trinajstić information content (AvgIpc) is 2.70. The second-order valence-electron chi connectivity index (χ2n) is 7.77. The molecule has 0 saturated carbocycles. The van der Waals surface area contributed by atoms with E-state index in [-0.39, 0.29) is 18.7 Å². The van der Waals surface area contributed by atoms with E-state index in [4.69, 9.17) is 15.6 Å². The maximum Gasteiger partial charge on any atom is 0.490 e. The summed E-state index contributed by atoms with van der Waals surface area (Å²) in [4.78, 5) is 20.4. The number of carboxylic acids is 1. The lowest BCUT2D eigenvalue weighted by Crippen LogP contribution is -2.34. The predicted molar refractivity (Wildman–Crippen MR) is 124 cm³/mol. The Labute approximate surface area is 196 Å². The topological polar surface area (TPSA) is 127 Å². The quantitative estimate of drug-likeness (QED) is 0.178. The zero-order valence-electron chi connectivity index (χ0n) is 19.7. The number of hydrogen-bond donors (Lipinski definition) is 3. The van der Waals surface area contributed by atoms with Crippen molar-refractivity contribution in [2.24, 2.45) is 5.73 Å². The lowest BCUT2D eigenvalue weighted by Gasteiger charge is -2.05. The highest BCUT2D eigenvalue weighted by atomic mass is 32.2. The second-order valence-corrected chi connectivity index (χ2v) is 9.61. The van der Waals surface area contributed by atoms with Crippen LogP contribution in [-0.2, 0) is 19.6 Å². The van der Waals surface area contributed by atoms with Crippen LogP contribution in [0, 0.1) is 0 Å². The molecular formula is C22H41F3N2O5S. The van der Waals surface area contributed by atoms with Gasteiger partial charge in [-0.05, 0) is 32.1 Å². The highest BCUT2D eigenvalue weighted by Gasteiger charge is 2.38. The lowest BCUT2D eigenvalue weighted by molar-refractivity contribution is -0.192. The van der Waals surface area contributed by atoms with Crippen LogP contribution in [-0.4, -0.2) is 43.9 Å².